The highest BCUT2D eigenvalue weighted by atomic mass is 32.2. The lowest BCUT2D eigenvalue weighted by Crippen LogP contribution is -2.33. The van der Waals surface area contributed by atoms with E-state index in [9.17, 15) is 4.79 Å². The molecule has 3 rings (SSSR count). The minimum absolute atomic E-state index is 0.0487. The number of thioether (sulfide) groups is 1. The lowest BCUT2D eigenvalue weighted by molar-refractivity contribution is -0.120. The molecule has 7 heteroatoms. The van der Waals surface area contributed by atoms with E-state index in [0.717, 1.165) is 22.4 Å². The molecule has 2 aromatic carbocycles. The van der Waals surface area contributed by atoms with Gasteiger partial charge in [-0.25, -0.2) is 0 Å². The van der Waals surface area contributed by atoms with Gasteiger partial charge in [-0.1, -0.05) is 60.3 Å². The molecule has 0 saturated heterocycles. The fraction of sp³-hybridized carbons (Fsp3) is 0.300. The Morgan fingerprint density at radius 1 is 1.04 bits per heavy atom. The molecule has 1 heterocycles. The zero-order chi connectivity index (χ0) is 19.4. The molecular weight excluding hydrogens is 358 g/mol. The van der Waals surface area contributed by atoms with E-state index in [-0.39, 0.29) is 17.2 Å². The largest absolute Gasteiger partial charge is 0.349 e. The van der Waals surface area contributed by atoms with Crippen molar-refractivity contribution in [3.8, 4) is 5.69 Å². The molecule has 3 aromatic rings. The predicted molar refractivity (Wildman–Crippen MR) is 107 cm³/mol. The van der Waals surface area contributed by atoms with E-state index < -0.39 is 0 Å². The van der Waals surface area contributed by atoms with E-state index in [1.54, 1.807) is 4.68 Å². The summed E-state index contributed by atoms with van der Waals surface area (Å²) in [6.45, 7) is 7.89. The number of aromatic nitrogens is 4. The normalized spacial score (nSPS) is 13.2. The van der Waals surface area contributed by atoms with Crippen LogP contribution in [-0.4, -0.2) is 31.4 Å². The summed E-state index contributed by atoms with van der Waals surface area (Å²) in [5.41, 5.74) is 4.19. The fourth-order valence-electron chi connectivity index (χ4n) is 2.90. The van der Waals surface area contributed by atoms with Crippen LogP contribution in [0.15, 0.2) is 53.7 Å². The highest BCUT2D eigenvalue weighted by Crippen LogP contribution is 2.26. The fourth-order valence-corrected chi connectivity index (χ4v) is 3.70. The Balaban J connectivity index is 1.73. The summed E-state index contributed by atoms with van der Waals surface area (Å²) in [6.07, 6.45) is 0. The molecule has 0 radical (unpaired) electrons. The molecule has 1 amide bonds. The van der Waals surface area contributed by atoms with Crippen LogP contribution >= 0.6 is 11.8 Å². The van der Waals surface area contributed by atoms with Crippen LogP contribution in [0.2, 0.25) is 0 Å². The topological polar surface area (TPSA) is 72.7 Å². The number of tetrazole rings is 1. The van der Waals surface area contributed by atoms with Crippen LogP contribution in [0, 0.1) is 13.8 Å². The molecule has 1 N–H and O–H groups in total. The molecule has 0 aliphatic rings. The molecular formula is C20H23N5OS. The number of nitrogens with one attached hydrogen (secondary N) is 1. The first-order valence-electron chi connectivity index (χ1n) is 8.84. The monoisotopic (exact) mass is 381 g/mol. The number of rotatable bonds is 6. The van der Waals surface area contributed by atoms with E-state index in [4.69, 9.17) is 0 Å². The van der Waals surface area contributed by atoms with E-state index in [1.807, 2.05) is 76.2 Å². The average Bonchev–Trinajstić information content (AvgIpc) is 3.10. The van der Waals surface area contributed by atoms with Crippen LogP contribution in [0.1, 0.15) is 36.6 Å². The molecule has 6 nitrogen and oxygen atoms in total. The van der Waals surface area contributed by atoms with Gasteiger partial charge in [0.15, 0.2) is 0 Å². The summed E-state index contributed by atoms with van der Waals surface area (Å²) in [7, 11) is 0. The summed E-state index contributed by atoms with van der Waals surface area (Å²) in [6, 6.07) is 15.9. The quantitative estimate of drug-likeness (QED) is 0.660. The van der Waals surface area contributed by atoms with Crippen molar-refractivity contribution >= 4 is 17.7 Å². The van der Waals surface area contributed by atoms with Crippen molar-refractivity contribution in [2.24, 2.45) is 0 Å². The van der Waals surface area contributed by atoms with Gasteiger partial charge in [0, 0.05) is 0 Å². The lowest BCUT2D eigenvalue weighted by atomic mass is 10.1. The zero-order valence-electron chi connectivity index (χ0n) is 15.9. The third-order valence-electron chi connectivity index (χ3n) is 4.40. The number of nitrogens with zero attached hydrogens (tertiary/aromatic N) is 4. The number of carbonyl (C=O) groups excluding carboxylic acids is 1. The number of amides is 1. The van der Waals surface area contributed by atoms with Crippen LogP contribution in [0.25, 0.3) is 5.69 Å². The summed E-state index contributed by atoms with van der Waals surface area (Å²) in [5, 5.41) is 15.4. The Morgan fingerprint density at radius 3 is 2.37 bits per heavy atom. The summed E-state index contributed by atoms with van der Waals surface area (Å²) in [5.74, 6) is -0.0487. The smallest absolute Gasteiger partial charge is 0.233 e. The van der Waals surface area contributed by atoms with Gasteiger partial charge in [0.05, 0.1) is 17.0 Å². The summed E-state index contributed by atoms with van der Waals surface area (Å²) >= 11 is 1.35. The van der Waals surface area contributed by atoms with Gasteiger partial charge in [-0.05, 0) is 54.8 Å². The SMILES string of the molecule is Cc1cccc(C)c1-n1nnnc1SC(C)C(=O)NC(C)c1ccccc1. The maximum Gasteiger partial charge on any atom is 0.233 e. The van der Waals surface area contributed by atoms with Crippen molar-refractivity contribution in [2.75, 3.05) is 0 Å². The Bertz CT molecular complexity index is 905. The third kappa shape index (κ3) is 4.36. The molecule has 0 aliphatic carbocycles. The van der Waals surface area contributed by atoms with Crippen molar-refractivity contribution in [3.63, 3.8) is 0 Å². The molecule has 0 saturated carbocycles. The van der Waals surface area contributed by atoms with Crippen LogP contribution in [0.4, 0.5) is 0 Å². The molecule has 140 valence electrons. The van der Waals surface area contributed by atoms with Crippen molar-refractivity contribution < 1.29 is 4.79 Å². The van der Waals surface area contributed by atoms with E-state index in [0.29, 0.717) is 5.16 Å². The average molecular weight is 382 g/mol. The van der Waals surface area contributed by atoms with E-state index in [2.05, 4.69) is 20.8 Å². The number of aryl methyl sites for hydroxylation is 2. The number of hydrogen-bond acceptors (Lipinski definition) is 5. The van der Waals surface area contributed by atoms with Gasteiger partial charge in [-0.2, -0.15) is 4.68 Å². The van der Waals surface area contributed by atoms with Crippen LogP contribution in [0.5, 0.6) is 0 Å². The second-order valence-corrected chi connectivity index (χ2v) is 7.82. The molecule has 2 unspecified atom stereocenters. The van der Waals surface area contributed by atoms with Gasteiger partial charge in [0.25, 0.3) is 0 Å². The molecule has 0 bridgehead atoms. The Kier molecular flexibility index (Phi) is 5.91. The van der Waals surface area contributed by atoms with Gasteiger partial charge in [0.2, 0.25) is 11.1 Å². The van der Waals surface area contributed by atoms with Crippen molar-refractivity contribution in [1.29, 1.82) is 0 Å². The first-order chi connectivity index (χ1) is 13.0. The number of hydrogen-bond donors (Lipinski definition) is 1. The minimum Gasteiger partial charge on any atom is -0.349 e. The van der Waals surface area contributed by atoms with Crippen molar-refractivity contribution in [1.82, 2.24) is 25.5 Å². The predicted octanol–water partition coefficient (Wildman–Crippen LogP) is 3.64. The number of benzene rings is 2. The Morgan fingerprint density at radius 2 is 1.70 bits per heavy atom. The molecule has 2 atom stereocenters. The van der Waals surface area contributed by atoms with Gasteiger partial charge < -0.3 is 5.32 Å². The third-order valence-corrected chi connectivity index (χ3v) is 5.43. The number of carbonyl (C=O) groups is 1. The zero-order valence-corrected chi connectivity index (χ0v) is 16.7. The summed E-state index contributed by atoms with van der Waals surface area (Å²) in [4.78, 5) is 12.6. The second kappa shape index (κ2) is 8.35. The first kappa shape index (κ1) is 19.1. The highest BCUT2D eigenvalue weighted by molar-refractivity contribution is 8.00. The van der Waals surface area contributed by atoms with Crippen molar-refractivity contribution in [3.05, 3.63) is 65.2 Å². The van der Waals surface area contributed by atoms with E-state index >= 15 is 0 Å². The lowest BCUT2D eigenvalue weighted by Gasteiger charge is -2.18. The van der Waals surface area contributed by atoms with Crippen LogP contribution in [0.3, 0.4) is 0 Å². The Labute approximate surface area is 163 Å². The van der Waals surface area contributed by atoms with Gasteiger partial charge in [-0.15, -0.1) is 5.10 Å². The highest BCUT2D eigenvalue weighted by Gasteiger charge is 2.22. The van der Waals surface area contributed by atoms with E-state index in [1.165, 1.54) is 11.8 Å². The van der Waals surface area contributed by atoms with Gasteiger partial charge in [0.1, 0.15) is 0 Å². The molecule has 27 heavy (non-hydrogen) atoms. The van der Waals surface area contributed by atoms with Crippen molar-refractivity contribution in [2.45, 2.75) is 44.1 Å². The van der Waals surface area contributed by atoms with Crippen LogP contribution < -0.4 is 5.32 Å². The molecule has 0 spiro atoms. The molecule has 1 aromatic heterocycles. The molecule has 0 fully saturated rings. The van der Waals surface area contributed by atoms with Gasteiger partial charge in [-0.3, -0.25) is 4.79 Å². The van der Waals surface area contributed by atoms with Gasteiger partial charge >= 0.3 is 0 Å². The summed E-state index contributed by atoms with van der Waals surface area (Å²) < 4.78 is 1.71. The maximum atomic E-state index is 12.6. The minimum atomic E-state index is -0.328. The second-order valence-electron chi connectivity index (χ2n) is 6.51. The Hall–Kier alpha value is -2.67. The van der Waals surface area contributed by atoms with Crippen LogP contribution in [-0.2, 0) is 4.79 Å². The number of para-hydroxylation sites is 1. The first-order valence-corrected chi connectivity index (χ1v) is 9.72. The maximum absolute atomic E-state index is 12.6. The standard InChI is InChI=1S/C20H23N5OS/c1-13-9-8-10-14(2)18(13)25-20(22-23-24-25)27-16(4)19(26)21-15(3)17-11-6-5-7-12-17/h5-12,15-16H,1-4H3,(H,21,26). The molecule has 0 aliphatic heterocycles.